The van der Waals surface area contributed by atoms with E-state index in [1.54, 1.807) is 17.0 Å². The number of halogens is 1. The molecule has 4 aromatic rings. The van der Waals surface area contributed by atoms with Crippen LogP contribution in [0.4, 0.5) is 0 Å². The molecule has 1 aliphatic rings. The van der Waals surface area contributed by atoms with E-state index >= 15 is 0 Å². The number of hydrogen-bond donors (Lipinski definition) is 0. The SMILES string of the molecule is Cc1cc2c(=O)cc(C(=O)N3CCC(Cn4ccnc4-c4ccccc4)CC3)oc2cc1Cl. The number of fused-ring (bicyclic) bond motifs is 1. The van der Waals surface area contributed by atoms with Crippen LogP contribution in [0.2, 0.25) is 5.02 Å². The molecular weight excluding hydrogens is 438 g/mol. The average molecular weight is 462 g/mol. The number of rotatable bonds is 4. The molecule has 0 unspecified atom stereocenters. The van der Waals surface area contributed by atoms with Gasteiger partial charge in [0, 0.05) is 54.7 Å². The Balaban J connectivity index is 1.27. The molecule has 7 heteroatoms. The number of hydrogen-bond acceptors (Lipinski definition) is 4. The lowest BCUT2D eigenvalue weighted by atomic mass is 9.96. The van der Waals surface area contributed by atoms with Crippen LogP contribution in [0.25, 0.3) is 22.4 Å². The van der Waals surface area contributed by atoms with Gasteiger partial charge in [0.15, 0.2) is 11.2 Å². The first kappa shape index (κ1) is 21.5. The smallest absolute Gasteiger partial charge is 0.289 e. The zero-order valence-corrected chi connectivity index (χ0v) is 19.1. The van der Waals surface area contributed by atoms with E-state index in [-0.39, 0.29) is 17.1 Å². The van der Waals surface area contributed by atoms with Gasteiger partial charge < -0.3 is 13.9 Å². The molecule has 0 aliphatic carbocycles. The lowest BCUT2D eigenvalue weighted by molar-refractivity contribution is 0.0651. The second-order valence-corrected chi connectivity index (χ2v) is 8.98. The van der Waals surface area contributed by atoms with E-state index in [2.05, 4.69) is 21.7 Å². The molecule has 33 heavy (non-hydrogen) atoms. The summed E-state index contributed by atoms with van der Waals surface area (Å²) >= 11 is 6.18. The molecular formula is C26H24ClN3O3. The molecule has 1 amide bonds. The molecule has 1 aliphatic heterocycles. The maximum Gasteiger partial charge on any atom is 0.289 e. The minimum Gasteiger partial charge on any atom is -0.451 e. The molecule has 0 bridgehead atoms. The van der Waals surface area contributed by atoms with Crippen molar-refractivity contribution in [3.63, 3.8) is 0 Å². The fraction of sp³-hybridized carbons (Fsp3) is 0.269. The van der Waals surface area contributed by atoms with Gasteiger partial charge in [-0.2, -0.15) is 0 Å². The highest BCUT2D eigenvalue weighted by atomic mass is 35.5. The van der Waals surface area contributed by atoms with Crippen molar-refractivity contribution in [2.24, 2.45) is 5.92 Å². The summed E-state index contributed by atoms with van der Waals surface area (Å²) in [5.74, 6) is 1.21. The minimum atomic E-state index is -0.253. The van der Waals surface area contributed by atoms with Crippen molar-refractivity contribution < 1.29 is 9.21 Å². The summed E-state index contributed by atoms with van der Waals surface area (Å²) in [6, 6.07) is 14.7. The molecule has 3 heterocycles. The van der Waals surface area contributed by atoms with E-state index in [1.807, 2.05) is 37.5 Å². The van der Waals surface area contributed by atoms with Crippen LogP contribution in [0.5, 0.6) is 0 Å². The Morgan fingerprint density at radius 1 is 1.15 bits per heavy atom. The minimum absolute atomic E-state index is 0.0619. The Morgan fingerprint density at radius 3 is 2.67 bits per heavy atom. The molecule has 168 valence electrons. The van der Waals surface area contributed by atoms with Crippen LogP contribution in [0.15, 0.2) is 70.1 Å². The van der Waals surface area contributed by atoms with Gasteiger partial charge in [-0.05, 0) is 37.3 Å². The highest BCUT2D eigenvalue weighted by molar-refractivity contribution is 6.32. The summed E-state index contributed by atoms with van der Waals surface area (Å²) in [4.78, 5) is 31.9. The van der Waals surface area contributed by atoms with Crippen molar-refractivity contribution in [3.05, 3.63) is 87.5 Å². The predicted molar refractivity (Wildman–Crippen MR) is 129 cm³/mol. The molecule has 0 atom stereocenters. The molecule has 0 N–H and O–H groups in total. The molecule has 5 rings (SSSR count). The molecule has 0 spiro atoms. The topological polar surface area (TPSA) is 68.3 Å². The highest BCUT2D eigenvalue weighted by Crippen LogP contribution is 2.26. The zero-order valence-electron chi connectivity index (χ0n) is 18.3. The number of aromatic nitrogens is 2. The van der Waals surface area contributed by atoms with Crippen molar-refractivity contribution in [1.82, 2.24) is 14.5 Å². The van der Waals surface area contributed by atoms with Crippen LogP contribution in [0.3, 0.4) is 0 Å². The van der Waals surface area contributed by atoms with E-state index in [0.717, 1.165) is 36.3 Å². The van der Waals surface area contributed by atoms with Crippen molar-refractivity contribution in [2.75, 3.05) is 13.1 Å². The lowest BCUT2D eigenvalue weighted by Gasteiger charge is -2.32. The Bertz CT molecular complexity index is 1370. The van der Waals surface area contributed by atoms with E-state index in [9.17, 15) is 9.59 Å². The molecule has 1 saturated heterocycles. The maximum absolute atomic E-state index is 13.1. The van der Waals surface area contributed by atoms with Crippen LogP contribution in [-0.4, -0.2) is 33.4 Å². The number of aryl methyl sites for hydroxylation is 1. The van der Waals surface area contributed by atoms with Crippen LogP contribution in [0.1, 0.15) is 29.0 Å². The van der Waals surface area contributed by atoms with E-state index in [1.165, 1.54) is 6.07 Å². The molecule has 2 aromatic heterocycles. The van der Waals surface area contributed by atoms with Gasteiger partial charge >= 0.3 is 0 Å². The quantitative estimate of drug-likeness (QED) is 0.420. The second-order valence-electron chi connectivity index (χ2n) is 8.58. The molecule has 6 nitrogen and oxygen atoms in total. The average Bonchev–Trinajstić information content (AvgIpc) is 3.29. The molecule has 0 radical (unpaired) electrons. The van der Waals surface area contributed by atoms with E-state index in [4.69, 9.17) is 16.0 Å². The first-order valence-electron chi connectivity index (χ1n) is 11.1. The first-order chi connectivity index (χ1) is 16.0. The van der Waals surface area contributed by atoms with E-state index in [0.29, 0.717) is 35.0 Å². The number of nitrogens with zero attached hydrogens (tertiary/aromatic N) is 3. The highest BCUT2D eigenvalue weighted by Gasteiger charge is 2.26. The molecule has 2 aromatic carbocycles. The van der Waals surface area contributed by atoms with Gasteiger partial charge in [0.1, 0.15) is 11.4 Å². The van der Waals surface area contributed by atoms with Crippen molar-refractivity contribution in [2.45, 2.75) is 26.3 Å². The summed E-state index contributed by atoms with van der Waals surface area (Å²) in [6.45, 7) is 3.93. The van der Waals surface area contributed by atoms with Gasteiger partial charge in [0.25, 0.3) is 5.91 Å². The lowest BCUT2D eigenvalue weighted by Crippen LogP contribution is -2.39. The van der Waals surface area contributed by atoms with Crippen molar-refractivity contribution in [3.8, 4) is 11.4 Å². The number of carbonyl (C=O) groups is 1. The zero-order chi connectivity index (χ0) is 22.9. The summed E-state index contributed by atoms with van der Waals surface area (Å²) in [7, 11) is 0. The standard InChI is InChI=1S/C26H24ClN3O3/c1-17-13-20-22(31)15-24(33-23(20)14-21(17)27)26(32)29-10-7-18(8-11-29)16-30-12-9-28-25(30)19-5-3-2-4-6-19/h2-6,9,12-15,18H,7-8,10-11,16H2,1H3. The van der Waals surface area contributed by atoms with Gasteiger partial charge in [0.05, 0.1) is 5.39 Å². The van der Waals surface area contributed by atoms with E-state index < -0.39 is 0 Å². The number of amides is 1. The number of likely N-dealkylation sites (tertiary alicyclic amines) is 1. The van der Waals surface area contributed by atoms with Crippen LogP contribution >= 0.6 is 11.6 Å². The fourth-order valence-corrected chi connectivity index (χ4v) is 4.60. The third-order valence-electron chi connectivity index (χ3n) is 6.32. The summed E-state index contributed by atoms with van der Waals surface area (Å²) in [5, 5.41) is 0.937. The Morgan fingerprint density at radius 2 is 1.91 bits per heavy atom. The number of imidazole rings is 1. The summed E-state index contributed by atoms with van der Waals surface area (Å²) in [5.41, 5.74) is 2.00. The van der Waals surface area contributed by atoms with Gasteiger partial charge in [-0.25, -0.2) is 4.98 Å². The third-order valence-corrected chi connectivity index (χ3v) is 6.73. The van der Waals surface area contributed by atoms with Crippen LogP contribution < -0.4 is 5.43 Å². The predicted octanol–water partition coefficient (Wildman–Crippen LogP) is 5.17. The van der Waals surface area contributed by atoms with Gasteiger partial charge in [-0.3, -0.25) is 9.59 Å². The Kier molecular flexibility index (Phi) is 5.77. The van der Waals surface area contributed by atoms with Crippen LogP contribution in [-0.2, 0) is 6.54 Å². The number of benzene rings is 2. The second kappa shape index (κ2) is 8.87. The van der Waals surface area contributed by atoms with Crippen molar-refractivity contribution in [1.29, 1.82) is 0 Å². The molecule has 1 fully saturated rings. The maximum atomic E-state index is 13.1. The number of carbonyl (C=O) groups excluding carboxylic acids is 1. The summed E-state index contributed by atoms with van der Waals surface area (Å²) in [6.07, 6.45) is 5.59. The first-order valence-corrected chi connectivity index (χ1v) is 11.5. The van der Waals surface area contributed by atoms with Gasteiger partial charge in [0.2, 0.25) is 0 Å². The molecule has 0 saturated carbocycles. The summed E-state index contributed by atoms with van der Waals surface area (Å²) < 4.78 is 7.97. The Labute approximate surface area is 196 Å². The number of piperidine rings is 1. The fourth-order valence-electron chi connectivity index (χ4n) is 4.45. The normalized spacial score (nSPS) is 14.7. The van der Waals surface area contributed by atoms with Crippen molar-refractivity contribution >= 4 is 28.5 Å². The largest absolute Gasteiger partial charge is 0.451 e. The van der Waals surface area contributed by atoms with Gasteiger partial charge in [-0.15, -0.1) is 0 Å². The van der Waals surface area contributed by atoms with Gasteiger partial charge in [-0.1, -0.05) is 41.9 Å². The third kappa shape index (κ3) is 4.31. The van der Waals surface area contributed by atoms with Crippen LogP contribution in [0, 0.1) is 12.8 Å². The monoisotopic (exact) mass is 461 g/mol. The Hall–Kier alpha value is -3.38.